The molecule has 0 heterocycles. The minimum atomic E-state index is 0. The van der Waals surface area contributed by atoms with Gasteiger partial charge in [0.25, 0.3) is 0 Å². The van der Waals surface area contributed by atoms with Crippen molar-refractivity contribution < 1.29 is 4.74 Å². The highest BCUT2D eigenvalue weighted by atomic mass is 127. The largest absolute Gasteiger partial charge is 0.497 e. The second-order valence-corrected chi connectivity index (χ2v) is 3.70. The third kappa shape index (κ3) is 6.09. The van der Waals surface area contributed by atoms with Crippen molar-refractivity contribution in [2.75, 3.05) is 20.7 Å². The maximum absolute atomic E-state index is 5.18. The zero-order valence-corrected chi connectivity index (χ0v) is 13.5. The van der Waals surface area contributed by atoms with Gasteiger partial charge in [0.15, 0.2) is 5.96 Å². The van der Waals surface area contributed by atoms with E-state index in [0.29, 0.717) is 0 Å². The molecule has 0 aliphatic heterocycles. The van der Waals surface area contributed by atoms with Crippen LogP contribution < -0.4 is 15.4 Å². The molecule has 0 saturated carbocycles. The number of methoxy groups -OCH3 is 1. The number of guanidine groups is 1. The number of hydrogen-bond donors (Lipinski definition) is 2. The van der Waals surface area contributed by atoms with Gasteiger partial charge in [-0.3, -0.25) is 4.99 Å². The third-order valence-corrected chi connectivity index (χ3v) is 2.36. The van der Waals surface area contributed by atoms with Crippen molar-refractivity contribution in [3.8, 4) is 5.75 Å². The van der Waals surface area contributed by atoms with Gasteiger partial charge in [0, 0.05) is 20.1 Å². The van der Waals surface area contributed by atoms with Gasteiger partial charge in [0.05, 0.1) is 7.11 Å². The lowest BCUT2D eigenvalue weighted by Crippen LogP contribution is -2.37. The molecule has 18 heavy (non-hydrogen) atoms. The topological polar surface area (TPSA) is 45.7 Å². The summed E-state index contributed by atoms with van der Waals surface area (Å²) < 4.78 is 5.18. The van der Waals surface area contributed by atoms with Crippen molar-refractivity contribution in [1.82, 2.24) is 10.6 Å². The number of halogens is 1. The van der Waals surface area contributed by atoms with Crippen LogP contribution >= 0.6 is 24.0 Å². The molecule has 0 atom stereocenters. The fourth-order valence-electron chi connectivity index (χ4n) is 1.43. The summed E-state index contributed by atoms with van der Waals surface area (Å²) in [5.74, 6) is 1.70. The molecule has 2 N–H and O–H groups in total. The van der Waals surface area contributed by atoms with Gasteiger partial charge in [-0.1, -0.05) is 19.1 Å². The Bertz CT molecular complexity index is 369. The van der Waals surface area contributed by atoms with Gasteiger partial charge >= 0.3 is 0 Å². The smallest absolute Gasteiger partial charge is 0.191 e. The number of aliphatic imine (C=N–C) groups is 1. The van der Waals surface area contributed by atoms with Gasteiger partial charge in [0.2, 0.25) is 0 Å². The molecule has 102 valence electrons. The Morgan fingerprint density at radius 2 is 2.11 bits per heavy atom. The van der Waals surface area contributed by atoms with Crippen LogP contribution in [0.2, 0.25) is 0 Å². The zero-order chi connectivity index (χ0) is 12.5. The molecule has 0 saturated heterocycles. The normalized spacial score (nSPS) is 10.5. The number of nitrogens with zero attached hydrogens (tertiary/aromatic N) is 1. The molecule has 0 amide bonds. The van der Waals surface area contributed by atoms with Crippen LogP contribution in [0, 0.1) is 0 Å². The average molecular weight is 363 g/mol. The van der Waals surface area contributed by atoms with Gasteiger partial charge in [-0.05, 0) is 24.1 Å². The molecule has 0 spiro atoms. The predicted molar refractivity (Wildman–Crippen MR) is 86.9 cm³/mol. The molecule has 0 unspecified atom stereocenters. The van der Waals surface area contributed by atoms with Gasteiger partial charge in [-0.25, -0.2) is 0 Å². The monoisotopic (exact) mass is 363 g/mol. The van der Waals surface area contributed by atoms with Crippen molar-refractivity contribution >= 4 is 29.9 Å². The van der Waals surface area contributed by atoms with Crippen LogP contribution in [0.25, 0.3) is 0 Å². The van der Waals surface area contributed by atoms with Crippen molar-refractivity contribution in [2.24, 2.45) is 4.99 Å². The Morgan fingerprint density at radius 1 is 1.33 bits per heavy atom. The Balaban J connectivity index is 0.00000289. The highest BCUT2D eigenvalue weighted by Crippen LogP contribution is 2.11. The van der Waals surface area contributed by atoms with E-state index in [-0.39, 0.29) is 24.0 Å². The highest BCUT2D eigenvalue weighted by molar-refractivity contribution is 14.0. The lowest BCUT2D eigenvalue weighted by Gasteiger charge is -2.11. The minimum absolute atomic E-state index is 0. The molecule has 0 radical (unpaired) electrons. The van der Waals surface area contributed by atoms with Gasteiger partial charge in [-0.15, -0.1) is 24.0 Å². The zero-order valence-electron chi connectivity index (χ0n) is 11.2. The minimum Gasteiger partial charge on any atom is -0.497 e. The SMILES string of the molecule is CCCNC(=NC)NCc1cccc(OC)c1.I. The van der Waals surface area contributed by atoms with Crippen LogP contribution in [0.15, 0.2) is 29.3 Å². The Hall–Kier alpha value is -0.980. The van der Waals surface area contributed by atoms with Gasteiger partial charge < -0.3 is 15.4 Å². The molecular formula is C13H22IN3O. The van der Waals surface area contributed by atoms with E-state index >= 15 is 0 Å². The molecule has 4 nitrogen and oxygen atoms in total. The molecule has 1 aromatic rings. The van der Waals surface area contributed by atoms with Crippen LogP contribution in [0.3, 0.4) is 0 Å². The van der Waals surface area contributed by atoms with Crippen molar-refractivity contribution in [2.45, 2.75) is 19.9 Å². The first-order valence-corrected chi connectivity index (χ1v) is 5.87. The Morgan fingerprint density at radius 3 is 2.72 bits per heavy atom. The molecule has 0 aliphatic rings. The summed E-state index contributed by atoms with van der Waals surface area (Å²) in [4.78, 5) is 4.15. The first-order valence-electron chi connectivity index (χ1n) is 5.87. The Kier molecular flexibility index (Phi) is 9.45. The fraction of sp³-hybridized carbons (Fsp3) is 0.462. The number of hydrogen-bond acceptors (Lipinski definition) is 2. The van der Waals surface area contributed by atoms with E-state index in [1.807, 2.05) is 18.2 Å². The number of ether oxygens (including phenoxy) is 1. The summed E-state index contributed by atoms with van der Waals surface area (Å²) in [6, 6.07) is 7.99. The molecule has 0 bridgehead atoms. The predicted octanol–water partition coefficient (Wildman–Crippen LogP) is 2.39. The summed E-state index contributed by atoms with van der Waals surface area (Å²) in [6.07, 6.45) is 1.08. The molecule has 1 rings (SSSR count). The summed E-state index contributed by atoms with van der Waals surface area (Å²) in [7, 11) is 3.45. The van der Waals surface area contributed by atoms with Crippen molar-refractivity contribution in [1.29, 1.82) is 0 Å². The van der Waals surface area contributed by atoms with Crippen LogP contribution in [0.5, 0.6) is 5.75 Å². The van der Waals surface area contributed by atoms with E-state index in [9.17, 15) is 0 Å². The molecule has 5 heteroatoms. The third-order valence-electron chi connectivity index (χ3n) is 2.36. The fourth-order valence-corrected chi connectivity index (χ4v) is 1.43. The Labute approximate surface area is 126 Å². The van der Waals surface area contributed by atoms with Crippen LogP contribution in [-0.4, -0.2) is 26.7 Å². The molecule has 1 aromatic carbocycles. The summed E-state index contributed by atoms with van der Waals surface area (Å²) in [6.45, 7) is 3.79. The van der Waals surface area contributed by atoms with E-state index in [4.69, 9.17) is 4.74 Å². The highest BCUT2D eigenvalue weighted by Gasteiger charge is 1.98. The lowest BCUT2D eigenvalue weighted by molar-refractivity contribution is 0.414. The number of benzene rings is 1. The summed E-state index contributed by atoms with van der Waals surface area (Å²) in [5, 5.41) is 6.48. The van der Waals surface area contributed by atoms with E-state index in [0.717, 1.165) is 31.2 Å². The molecule has 0 fully saturated rings. The summed E-state index contributed by atoms with van der Waals surface area (Å²) in [5.41, 5.74) is 1.17. The maximum atomic E-state index is 5.18. The first-order chi connectivity index (χ1) is 8.30. The van der Waals surface area contributed by atoms with Crippen molar-refractivity contribution in [3.63, 3.8) is 0 Å². The van der Waals surface area contributed by atoms with Crippen LogP contribution in [0.1, 0.15) is 18.9 Å². The van der Waals surface area contributed by atoms with E-state index in [1.54, 1.807) is 14.2 Å². The average Bonchev–Trinajstić information content (AvgIpc) is 2.39. The second kappa shape index (κ2) is 9.99. The van der Waals surface area contributed by atoms with Gasteiger partial charge in [0.1, 0.15) is 5.75 Å². The standard InChI is InChI=1S/C13H21N3O.HI/c1-4-8-15-13(14-2)16-10-11-6-5-7-12(9-11)17-3;/h5-7,9H,4,8,10H2,1-3H3,(H2,14,15,16);1H. The lowest BCUT2D eigenvalue weighted by atomic mass is 10.2. The number of nitrogens with one attached hydrogen (secondary N) is 2. The number of rotatable bonds is 5. The van der Waals surface area contributed by atoms with Crippen LogP contribution in [-0.2, 0) is 6.54 Å². The van der Waals surface area contributed by atoms with E-state index in [1.165, 1.54) is 5.56 Å². The second-order valence-electron chi connectivity index (χ2n) is 3.70. The molecule has 0 aliphatic carbocycles. The van der Waals surface area contributed by atoms with E-state index < -0.39 is 0 Å². The van der Waals surface area contributed by atoms with Gasteiger partial charge in [-0.2, -0.15) is 0 Å². The molecular weight excluding hydrogens is 341 g/mol. The van der Waals surface area contributed by atoms with E-state index in [2.05, 4.69) is 28.6 Å². The quantitative estimate of drug-likeness (QED) is 0.480. The van der Waals surface area contributed by atoms with Crippen LogP contribution in [0.4, 0.5) is 0 Å². The molecule has 0 aromatic heterocycles. The summed E-state index contributed by atoms with van der Waals surface area (Å²) >= 11 is 0. The first kappa shape index (κ1) is 17.0. The maximum Gasteiger partial charge on any atom is 0.191 e. The van der Waals surface area contributed by atoms with Crippen molar-refractivity contribution in [3.05, 3.63) is 29.8 Å².